The van der Waals surface area contributed by atoms with Crippen LogP contribution in [0.1, 0.15) is 42.6 Å². The van der Waals surface area contributed by atoms with E-state index in [1.807, 2.05) is 24.3 Å². The van der Waals surface area contributed by atoms with E-state index in [1.165, 1.54) is 5.56 Å². The monoisotopic (exact) mass is 295 g/mol. The maximum absolute atomic E-state index is 12.0. The number of carbonyl (C=O) groups is 1. The van der Waals surface area contributed by atoms with Crippen molar-refractivity contribution in [2.24, 2.45) is 5.92 Å². The number of nitrogens with one attached hydrogen (secondary N) is 1. The van der Waals surface area contributed by atoms with Gasteiger partial charge in [-0.25, -0.2) is 0 Å². The van der Waals surface area contributed by atoms with E-state index in [4.69, 9.17) is 0 Å². The summed E-state index contributed by atoms with van der Waals surface area (Å²) in [7, 11) is 0. The van der Waals surface area contributed by atoms with E-state index < -0.39 is 6.10 Å². The van der Waals surface area contributed by atoms with Gasteiger partial charge in [-0.05, 0) is 29.9 Å². The molecule has 1 aromatic rings. The smallest absolute Gasteiger partial charge is 0.251 e. The van der Waals surface area contributed by atoms with Crippen molar-refractivity contribution in [3.05, 3.63) is 35.4 Å². The zero-order valence-corrected chi connectivity index (χ0v) is 13.4. The van der Waals surface area contributed by atoms with Crippen molar-refractivity contribution in [3.63, 3.8) is 0 Å². The normalized spacial score (nSPS) is 12.4. The van der Waals surface area contributed by atoms with Crippen LogP contribution in [0.3, 0.4) is 0 Å². The molecule has 0 spiro atoms. The molecule has 0 aliphatic carbocycles. The highest BCUT2D eigenvalue weighted by molar-refractivity contribution is 7.97. The van der Waals surface area contributed by atoms with Gasteiger partial charge in [-0.15, -0.1) is 0 Å². The van der Waals surface area contributed by atoms with Crippen molar-refractivity contribution in [2.75, 3.05) is 12.8 Å². The van der Waals surface area contributed by atoms with E-state index in [9.17, 15) is 9.90 Å². The summed E-state index contributed by atoms with van der Waals surface area (Å²) in [6.45, 7) is 4.44. The van der Waals surface area contributed by atoms with Crippen LogP contribution in [-0.2, 0) is 5.75 Å². The highest BCUT2D eigenvalue weighted by Gasteiger charge is 2.16. The van der Waals surface area contributed by atoms with Crippen LogP contribution >= 0.6 is 11.8 Å². The van der Waals surface area contributed by atoms with Gasteiger partial charge in [-0.1, -0.05) is 38.8 Å². The molecule has 1 rings (SSSR count). The second-order valence-corrected chi connectivity index (χ2v) is 5.85. The highest BCUT2D eigenvalue weighted by atomic mass is 32.2. The van der Waals surface area contributed by atoms with E-state index in [2.05, 4.69) is 25.4 Å². The average Bonchev–Trinajstić information content (AvgIpc) is 2.47. The minimum absolute atomic E-state index is 0.120. The van der Waals surface area contributed by atoms with E-state index in [1.54, 1.807) is 11.8 Å². The summed E-state index contributed by atoms with van der Waals surface area (Å²) < 4.78 is 0. The first-order chi connectivity index (χ1) is 9.62. The van der Waals surface area contributed by atoms with Crippen LogP contribution in [0.15, 0.2) is 24.3 Å². The maximum Gasteiger partial charge on any atom is 0.251 e. The van der Waals surface area contributed by atoms with E-state index in [0.717, 1.165) is 18.6 Å². The van der Waals surface area contributed by atoms with Crippen molar-refractivity contribution in [1.29, 1.82) is 0 Å². The Hall–Kier alpha value is -1.00. The molecule has 3 nitrogen and oxygen atoms in total. The largest absolute Gasteiger partial charge is 0.391 e. The first kappa shape index (κ1) is 17.1. The lowest BCUT2D eigenvalue weighted by Gasteiger charge is -2.20. The third-order valence-corrected chi connectivity index (χ3v) is 4.21. The van der Waals surface area contributed by atoms with E-state index in [-0.39, 0.29) is 11.8 Å². The van der Waals surface area contributed by atoms with Gasteiger partial charge >= 0.3 is 0 Å². The summed E-state index contributed by atoms with van der Waals surface area (Å²) in [5, 5.41) is 12.8. The number of hydrogen-bond acceptors (Lipinski definition) is 3. The molecule has 0 aliphatic heterocycles. The molecule has 0 saturated heterocycles. The molecule has 1 atom stereocenters. The minimum atomic E-state index is -0.468. The predicted molar refractivity (Wildman–Crippen MR) is 86.1 cm³/mol. The molecule has 0 aliphatic rings. The molecule has 4 heteroatoms. The molecule has 0 heterocycles. The summed E-state index contributed by atoms with van der Waals surface area (Å²) in [5.41, 5.74) is 1.86. The van der Waals surface area contributed by atoms with Gasteiger partial charge in [0, 0.05) is 17.9 Å². The third kappa shape index (κ3) is 5.17. The van der Waals surface area contributed by atoms with Gasteiger partial charge in [0.05, 0.1) is 6.10 Å². The molecule has 0 fully saturated rings. The van der Waals surface area contributed by atoms with Crippen molar-refractivity contribution in [1.82, 2.24) is 5.32 Å². The molecule has 1 unspecified atom stereocenters. The Balaban J connectivity index is 2.50. The topological polar surface area (TPSA) is 49.3 Å². The number of carbonyl (C=O) groups excluding carboxylic acids is 1. The molecule has 0 aromatic heterocycles. The van der Waals surface area contributed by atoms with Crippen LogP contribution < -0.4 is 5.32 Å². The van der Waals surface area contributed by atoms with Crippen LogP contribution in [0.25, 0.3) is 0 Å². The molecule has 0 bridgehead atoms. The standard InChI is InChI=1S/C16H25NO2S/c1-4-13(5-2)15(18)10-17-16(19)14-8-6-12(7-9-14)11-20-3/h6-9,13,15,18H,4-5,10-11H2,1-3H3,(H,17,19). The molecule has 2 N–H and O–H groups in total. The second-order valence-electron chi connectivity index (χ2n) is 4.98. The predicted octanol–water partition coefficient (Wildman–Crippen LogP) is 3.08. The van der Waals surface area contributed by atoms with Gasteiger partial charge in [0.25, 0.3) is 5.91 Å². The van der Waals surface area contributed by atoms with Gasteiger partial charge in [-0.3, -0.25) is 4.79 Å². The van der Waals surface area contributed by atoms with E-state index in [0.29, 0.717) is 12.1 Å². The summed E-state index contributed by atoms with van der Waals surface area (Å²) in [6, 6.07) is 7.63. The third-order valence-electron chi connectivity index (χ3n) is 3.59. The first-order valence-corrected chi connectivity index (χ1v) is 8.55. The van der Waals surface area contributed by atoms with Gasteiger partial charge in [-0.2, -0.15) is 11.8 Å². The zero-order chi connectivity index (χ0) is 15.0. The summed E-state index contributed by atoms with van der Waals surface area (Å²) in [4.78, 5) is 12.0. The van der Waals surface area contributed by atoms with Crippen molar-refractivity contribution in [2.45, 2.75) is 38.5 Å². The van der Waals surface area contributed by atoms with Crippen LogP contribution in [-0.4, -0.2) is 29.9 Å². The molecular weight excluding hydrogens is 270 g/mol. The lowest BCUT2D eigenvalue weighted by Crippen LogP contribution is -2.36. The SMILES string of the molecule is CCC(CC)C(O)CNC(=O)c1ccc(CSC)cc1. The minimum Gasteiger partial charge on any atom is -0.391 e. The summed E-state index contributed by atoms with van der Waals surface area (Å²) in [5.74, 6) is 1.08. The molecule has 112 valence electrons. The number of benzene rings is 1. The van der Waals surface area contributed by atoms with Gasteiger partial charge in [0.1, 0.15) is 0 Å². The molecule has 20 heavy (non-hydrogen) atoms. The summed E-state index contributed by atoms with van der Waals surface area (Å²) in [6.07, 6.45) is 3.44. The lowest BCUT2D eigenvalue weighted by atomic mass is 9.96. The average molecular weight is 295 g/mol. The number of rotatable bonds is 8. The van der Waals surface area contributed by atoms with Crippen molar-refractivity contribution < 1.29 is 9.90 Å². The Morgan fingerprint density at radius 2 is 1.85 bits per heavy atom. The molecule has 0 radical (unpaired) electrons. The number of aliphatic hydroxyl groups excluding tert-OH is 1. The quantitative estimate of drug-likeness (QED) is 0.775. The molecule has 0 saturated carbocycles. The fraction of sp³-hybridized carbons (Fsp3) is 0.562. The number of hydrogen-bond donors (Lipinski definition) is 2. The fourth-order valence-electron chi connectivity index (χ4n) is 2.22. The number of aliphatic hydroxyl groups is 1. The van der Waals surface area contributed by atoms with Crippen molar-refractivity contribution >= 4 is 17.7 Å². The van der Waals surface area contributed by atoms with Crippen molar-refractivity contribution in [3.8, 4) is 0 Å². The second kappa shape index (κ2) is 9.03. The van der Waals surface area contributed by atoms with Crippen LogP contribution in [0, 0.1) is 5.92 Å². The Morgan fingerprint density at radius 3 is 2.35 bits per heavy atom. The molecular formula is C16H25NO2S. The zero-order valence-electron chi connectivity index (χ0n) is 12.6. The Kier molecular flexibility index (Phi) is 7.70. The van der Waals surface area contributed by atoms with Gasteiger partial charge in [0.2, 0.25) is 0 Å². The molecule has 1 aromatic carbocycles. The Morgan fingerprint density at radius 1 is 1.25 bits per heavy atom. The number of thioether (sulfide) groups is 1. The van der Waals surface area contributed by atoms with Gasteiger partial charge in [0.15, 0.2) is 0 Å². The first-order valence-electron chi connectivity index (χ1n) is 7.16. The Labute approximate surface area is 126 Å². The Bertz CT molecular complexity index is 401. The van der Waals surface area contributed by atoms with Crippen LogP contribution in [0.2, 0.25) is 0 Å². The van der Waals surface area contributed by atoms with E-state index >= 15 is 0 Å². The van der Waals surface area contributed by atoms with Crippen LogP contribution in [0.5, 0.6) is 0 Å². The summed E-state index contributed by atoms with van der Waals surface area (Å²) >= 11 is 1.76. The fourth-order valence-corrected chi connectivity index (χ4v) is 2.74. The van der Waals surface area contributed by atoms with Gasteiger partial charge < -0.3 is 10.4 Å². The number of amides is 1. The lowest BCUT2D eigenvalue weighted by molar-refractivity contribution is 0.0816. The highest BCUT2D eigenvalue weighted by Crippen LogP contribution is 2.13. The van der Waals surface area contributed by atoms with Crippen LogP contribution in [0.4, 0.5) is 0 Å². The maximum atomic E-state index is 12.0. The molecule has 1 amide bonds.